The Kier molecular flexibility index (Phi) is 3.94. The van der Waals surface area contributed by atoms with Gasteiger partial charge in [0.1, 0.15) is 5.65 Å². The molecular formula is C14H18N4O2. The van der Waals surface area contributed by atoms with Crippen LogP contribution in [0.2, 0.25) is 0 Å². The third-order valence-electron chi connectivity index (χ3n) is 3.51. The number of rotatable bonds is 4. The monoisotopic (exact) mass is 274 g/mol. The number of amides is 1. The van der Waals surface area contributed by atoms with E-state index in [2.05, 4.69) is 20.2 Å². The van der Waals surface area contributed by atoms with Crippen molar-refractivity contribution in [3.05, 3.63) is 30.1 Å². The van der Waals surface area contributed by atoms with Crippen molar-refractivity contribution in [2.45, 2.75) is 0 Å². The summed E-state index contributed by atoms with van der Waals surface area (Å²) in [6.07, 6.45) is 3.42. The molecule has 6 nitrogen and oxygen atoms in total. The summed E-state index contributed by atoms with van der Waals surface area (Å²) in [5.41, 5.74) is 1.39. The zero-order chi connectivity index (χ0) is 13.8. The van der Waals surface area contributed by atoms with E-state index < -0.39 is 0 Å². The van der Waals surface area contributed by atoms with E-state index in [-0.39, 0.29) is 5.91 Å². The fourth-order valence-electron chi connectivity index (χ4n) is 2.39. The summed E-state index contributed by atoms with van der Waals surface area (Å²) in [5, 5.41) is 3.81. The maximum Gasteiger partial charge on any atom is 0.253 e. The van der Waals surface area contributed by atoms with Gasteiger partial charge >= 0.3 is 0 Å². The van der Waals surface area contributed by atoms with E-state index in [0.717, 1.165) is 43.9 Å². The number of aromatic amines is 1. The Hall–Kier alpha value is -1.92. The van der Waals surface area contributed by atoms with E-state index in [4.69, 9.17) is 4.74 Å². The highest BCUT2D eigenvalue weighted by Crippen LogP contribution is 2.15. The molecule has 1 fully saturated rings. The van der Waals surface area contributed by atoms with E-state index in [0.29, 0.717) is 12.1 Å². The van der Waals surface area contributed by atoms with Crippen molar-refractivity contribution in [2.24, 2.45) is 0 Å². The Morgan fingerprint density at radius 2 is 2.30 bits per heavy atom. The molecule has 3 heterocycles. The number of nitrogens with one attached hydrogen (secondary N) is 2. The fourth-order valence-corrected chi connectivity index (χ4v) is 2.39. The molecule has 6 heteroatoms. The Morgan fingerprint density at radius 1 is 1.45 bits per heavy atom. The number of aromatic nitrogens is 2. The van der Waals surface area contributed by atoms with Crippen molar-refractivity contribution < 1.29 is 9.53 Å². The van der Waals surface area contributed by atoms with Crippen LogP contribution >= 0.6 is 0 Å². The molecular weight excluding hydrogens is 256 g/mol. The molecule has 2 aromatic rings. The summed E-state index contributed by atoms with van der Waals surface area (Å²) in [6.45, 7) is 4.94. The standard InChI is InChI=1S/C14H18N4O2/c19-14(16-4-5-18-6-8-20-9-7-18)12-10-17-13-11(12)2-1-3-15-13/h1-3,10H,4-9H2,(H,15,17)(H,16,19). The van der Waals surface area contributed by atoms with Gasteiger partial charge in [-0.3, -0.25) is 9.69 Å². The Balaban J connectivity index is 1.56. The lowest BCUT2D eigenvalue weighted by Gasteiger charge is -2.26. The highest BCUT2D eigenvalue weighted by Gasteiger charge is 2.13. The minimum atomic E-state index is -0.0579. The third kappa shape index (κ3) is 2.81. The van der Waals surface area contributed by atoms with Gasteiger partial charge < -0.3 is 15.0 Å². The van der Waals surface area contributed by atoms with Crippen LogP contribution < -0.4 is 5.32 Å². The average molecular weight is 274 g/mol. The zero-order valence-corrected chi connectivity index (χ0v) is 11.3. The molecule has 0 saturated carbocycles. The number of hydrogen-bond acceptors (Lipinski definition) is 4. The van der Waals surface area contributed by atoms with Gasteiger partial charge in [-0.05, 0) is 12.1 Å². The molecule has 2 aromatic heterocycles. The lowest BCUT2D eigenvalue weighted by atomic mass is 10.2. The van der Waals surface area contributed by atoms with E-state index in [1.54, 1.807) is 12.4 Å². The van der Waals surface area contributed by atoms with Crippen LogP contribution in [0.3, 0.4) is 0 Å². The number of H-pyrrole nitrogens is 1. The van der Waals surface area contributed by atoms with Crippen molar-refractivity contribution in [1.82, 2.24) is 20.2 Å². The van der Waals surface area contributed by atoms with E-state index in [9.17, 15) is 4.79 Å². The zero-order valence-electron chi connectivity index (χ0n) is 11.3. The highest BCUT2D eigenvalue weighted by molar-refractivity contribution is 6.05. The van der Waals surface area contributed by atoms with Crippen LogP contribution in [-0.4, -0.2) is 60.2 Å². The second-order valence-corrected chi connectivity index (χ2v) is 4.81. The molecule has 2 N–H and O–H groups in total. The lowest BCUT2D eigenvalue weighted by Crippen LogP contribution is -2.41. The molecule has 0 radical (unpaired) electrons. The van der Waals surface area contributed by atoms with Crippen LogP contribution in [-0.2, 0) is 4.74 Å². The molecule has 3 rings (SSSR count). The molecule has 1 aliphatic rings. The maximum atomic E-state index is 12.2. The van der Waals surface area contributed by atoms with Crippen molar-refractivity contribution in [3.8, 4) is 0 Å². The molecule has 0 unspecified atom stereocenters. The van der Waals surface area contributed by atoms with Gasteiger partial charge in [-0.1, -0.05) is 0 Å². The highest BCUT2D eigenvalue weighted by atomic mass is 16.5. The Labute approximate surface area is 117 Å². The molecule has 0 atom stereocenters. The minimum absolute atomic E-state index is 0.0579. The lowest BCUT2D eigenvalue weighted by molar-refractivity contribution is 0.0383. The van der Waals surface area contributed by atoms with Crippen LogP contribution in [0, 0.1) is 0 Å². The quantitative estimate of drug-likeness (QED) is 0.857. The van der Waals surface area contributed by atoms with E-state index >= 15 is 0 Å². The summed E-state index contributed by atoms with van der Waals surface area (Å²) in [6, 6.07) is 3.73. The third-order valence-corrected chi connectivity index (χ3v) is 3.51. The van der Waals surface area contributed by atoms with Gasteiger partial charge in [-0.2, -0.15) is 0 Å². The number of ether oxygens (including phenoxy) is 1. The van der Waals surface area contributed by atoms with Crippen LogP contribution in [0.5, 0.6) is 0 Å². The first-order valence-corrected chi connectivity index (χ1v) is 6.85. The van der Waals surface area contributed by atoms with Gasteiger partial charge in [0, 0.05) is 44.0 Å². The number of carbonyl (C=O) groups is 1. The first-order valence-electron chi connectivity index (χ1n) is 6.85. The minimum Gasteiger partial charge on any atom is -0.379 e. The molecule has 1 saturated heterocycles. The molecule has 106 valence electrons. The summed E-state index contributed by atoms with van der Waals surface area (Å²) in [7, 11) is 0. The maximum absolute atomic E-state index is 12.2. The van der Waals surface area contributed by atoms with Crippen molar-refractivity contribution in [3.63, 3.8) is 0 Å². The topological polar surface area (TPSA) is 70.2 Å². The van der Waals surface area contributed by atoms with Gasteiger partial charge in [-0.15, -0.1) is 0 Å². The summed E-state index contributed by atoms with van der Waals surface area (Å²) >= 11 is 0. The van der Waals surface area contributed by atoms with Crippen LogP contribution in [0.1, 0.15) is 10.4 Å². The van der Waals surface area contributed by atoms with Gasteiger partial charge in [0.05, 0.1) is 18.8 Å². The molecule has 1 aliphatic heterocycles. The van der Waals surface area contributed by atoms with Gasteiger partial charge in [0.25, 0.3) is 5.91 Å². The number of nitrogens with zero attached hydrogens (tertiary/aromatic N) is 2. The normalized spacial score (nSPS) is 16.4. The summed E-state index contributed by atoms with van der Waals surface area (Å²) in [5.74, 6) is -0.0579. The van der Waals surface area contributed by atoms with Gasteiger partial charge in [-0.25, -0.2) is 4.98 Å². The van der Waals surface area contributed by atoms with E-state index in [1.165, 1.54) is 0 Å². The Morgan fingerprint density at radius 3 is 3.15 bits per heavy atom. The summed E-state index contributed by atoms with van der Waals surface area (Å²) < 4.78 is 5.29. The molecule has 0 aromatic carbocycles. The second kappa shape index (κ2) is 6.02. The number of morpholine rings is 1. The number of carbonyl (C=O) groups excluding carboxylic acids is 1. The molecule has 1 amide bonds. The predicted octanol–water partition coefficient (Wildman–Crippen LogP) is 0.625. The molecule has 0 aliphatic carbocycles. The number of hydrogen-bond donors (Lipinski definition) is 2. The van der Waals surface area contributed by atoms with E-state index in [1.807, 2.05) is 12.1 Å². The van der Waals surface area contributed by atoms with Crippen LogP contribution in [0.25, 0.3) is 11.0 Å². The number of fused-ring (bicyclic) bond motifs is 1. The fraction of sp³-hybridized carbons (Fsp3) is 0.429. The number of pyridine rings is 1. The SMILES string of the molecule is O=C(NCCN1CCOCC1)c1c[nH]c2ncccc12. The van der Waals surface area contributed by atoms with Gasteiger partial charge in [0.2, 0.25) is 0 Å². The largest absolute Gasteiger partial charge is 0.379 e. The van der Waals surface area contributed by atoms with Gasteiger partial charge in [0.15, 0.2) is 0 Å². The smallest absolute Gasteiger partial charge is 0.253 e. The van der Waals surface area contributed by atoms with Crippen molar-refractivity contribution in [2.75, 3.05) is 39.4 Å². The van der Waals surface area contributed by atoms with Crippen LogP contribution in [0.4, 0.5) is 0 Å². The first kappa shape index (κ1) is 13.1. The summed E-state index contributed by atoms with van der Waals surface area (Å²) in [4.78, 5) is 21.6. The first-order chi connectivity index (χ1) is 9.84. The van der Waals surface area contributed by atoms with Crippen LogP contribution in [0.15, 0.2) is 24.5 Å². The molecule has 0 bridgehead atoms. The Bertz CT molecular complexity index is 590. The van der Waals surface area contributed by atoms with Crippen molar-refractivity contribution in [1.29, 1.82) is 0 Å². The molecule has 20 heavy (non-hydrogen) atoms. The average Bonchev–Trinajstić information content (AvgIpc) is 2.92. The van der Waals surface area contributed by atoms with Crippen molar-refractivity contribution >= 4 is 16.9 Å². The molecule has 0 spiro atoms. The second-order valence-electron chi connectivity index (χ2n) is 4.81. The predicted molar refractivity (Wildman–Crippen MR) is 75.7 cm³/mol.